The van der Waals surface area contributed by atoms with Gasteiger partial charge in [-0.05, 0) is 6.08 Å². The molecule has 0 aliphatic carbocycles. The highest BCUT2D eigenvalue weighted by atomic mass is 16.5. The molecular weight excluding hydrogens is 202 g/mol. The molecule has 1 aliphatic rings. The van der Waals surface area contributed by atoms with Crippen LogP contribution in [0.3, 0.4) is 0 Å². The van der Waals surface area contributed by atoms with Crippen molar-refractivity contribution in [2.75, 3.05) is 14.1 Å². The summed E-state index contributed by atoms with van der Waals surface area (Å²) in [6.45, 7) is 0. The average Bonchev–Trinajstić information content (AvgIpc) is 2.61. The van der Waals surface area contributed by atoms with Gasteiger partial charge >= 0.3 is 5.97 Å². The Kier molecular flexibility index (Phi) is 2.77. The summed E-state index contributed by atoms with van der Waals surface area (Å²) in [6.07, 6.45) is 3.51. The molecule has 0 aromatic heterocycles. The molecule has 0 saturated carbocycles. The monoisotopic (exact) mass is 215 g/mol. The van der Waals surface area contributed by atoms with E-state index in [0.29, 0.717) is 11.3 Å². The zero-order chi connectivity index (χ0) is 11.5. The summed E-state index contributed by atoms with van der Waals surface area (Å²) >= 11 is 0. The number of rotatable bonds is 2. The van der Waals surface area contributed by atoms with Crippen molar-refractivity contribution in [2.24, 2.45) is 0 Å². The van der Waals surface area contributed by atoms with Crippen molar-refractivity contribution >= 4 is 11.7 Å². The molecule has 1 aromatic carbocycles. The molecule has 0 radical (unpaired) electrons. The lowest BCUT2D eigenvalue weighted by atomic mass is 10.1. The molecule has 0 saturated heterocycles. The molecule has 3 heteroatoms. The third-order valence-electron chi connectivity index (χ3n) is 2.18. The molecule has 0 unspecified atom stereocenters. The summed E-state index contributed by atoms with van der Waals surface area (Å²) in [5.74, 6) is 0.311. The van der Waals surface area contributed by atoms with E-state index in [9.17, 15) is 4.79 Å². The number of carbonyl (C=O) groups excluding carboxylic acids is 1. The van der Waals surface area contributed by atoms with Crippen LogP contribution in [0.5, 0.6) is 0 Å². The van der Waals surface area contributed by atoms with Crippen LogP contribution in [0.25, 0.3) is 5.76 Å². The Morgan fingerprint density at radius 3 is 2.50 bits per heavy atom. The molecule has 1 aromatic rings. The Morgan fingerprint density at radius 1 is 1.19 bits per heavy atom. The van der Waals surface area contributed by atoms with Gasteiger partial charge in [-0.2, -0.15) is 0 Å². The Balaban J connectivity index is 2.30. The summed E-state index contributed by atoms with van der Waals surface area (Å²) in [4.78, 5) is 13.3. The van der Waals surface area contributed by atoms with Crippen molar-refractivity contribution in [1.82, 2.24) is 4.90 Å². The highest BCUT2D eigenvalue weighted by molar-refractivity contribution is 6.01. The van der Waals surface area contributed by atoms with Gasteiger partial charge in [-0.25, -0.2) is 4.79 Å². The highest BCUT2D eigenvalue weighted by Gasteiger charge is 2.21. The van der Waals surface area contributed by atoms with Crippen LogP contribution in [0.15, 0.2) is 48.2 Å². The number of benzene rings is 1. The van der Waals surface area contributed by atoms with Gasteiger partial charge in [0.25, 0.3) is 0 Å². The SMILES string of the molecule is CN(C)/C=C1/C=C(c2ccccc2)OC1=O. The number of esters is 1. The number of hydrogen-bond acceptors (Lipinski definition) is 3. The van der Waals surface area contributed by atoms with Gasteiger partial charge in [0.15, 0.2) is 0 Å². The number of nitrogens with zero attached hydrogens (tertiary/aromatic N) is 1. The highest BCUT2D eigenvalue weighted by Crippen LogP contribution is 2.25. The summed E-state index contributed by atoms with van der Waals surface area (Å²) < 4.78 is 5.19. The summed E-state index contributed by atoms with van der Waals surface area (Å²) in [5.41, 5.74) is 1.49. The Morgan fingerprint density at radius 2 is 1.88 bits per heavy atom. The van der Waals surface area contributed by atoms with Gasteiger partial charge in [-0.1, -0.05) is 30.3 Å². The molecule has 1 aliphatic heterocycles. The maximum Gasteiger partial charge on any atom is 0.345 e. The second kappa shape index (κ2) is 4.23. The van der Waals surface area contributed by atoms with E-state index in [-0.39, 0.29) is 5.97 Å². The minimum Gasteiger partial charge on any atom is -0.422 e. The minimum atomic E-state index is -0.299. The molecule has 0 fully saturated rings. The van der Waals surface area contributed by atoms with E-state index in [1.165, 1.54) is 0 Å². The van der Waals surface area contributed by atoms with Crippen LogP contribution in [-0.2, 0) is 9.53 Å². The molecule has 0 atom stereocenters. The Labute approximate surface area is 94.6 Å². The van der Waals surface area contributed by atoms with Crippen LogP contribution in [0.2, 0.25) is 0 Å². The number of ether oxygens (including phenoxy) is 1. The Hall–Kier alpha value is -2.03. The topological polar surface area (TPSA) is 29.5 Å². The van der Waals surface area contributed by atoms with E-state index < -0.39 is 0 Å². The normalized spacial score (nSPS) is 17.2. The van der Waals surface area contributed by atoms with Gasteiger partial charge < -0.3 is 9.64 Å². The molecule has 16 heavy (non-hydrogen) atoms. The van der Waals surface area contributed by atoms with Crippen molar-refractivity contribution in [3.63, 3.8) is 0 Å². The van der Waals surface area contributed by atoms with Gasteiger partial charge in [0.05, 0.1) is 5.57 Å². The van der Waals surface area contributed by atoms with E-state index in [1.54, 1.807) is 12.3 Å². The quantitative estimate of drug-likeness (QED) is 0.558. The fourth-order valence-electron chi connectivity index (χ4n) is 1.50. The van der Waals surface area contributed by atoms with E-state index in [1.807, 2.05) is 49.3 Å². The first-order valence-corrected chi connectivity index (χ1v) is 5.04. The molecular formula is C13H13NO2. The van der Waals surface area contributed by atoms with Crippen LogP contribution in [-0.4, -0.2) is 25.0 Å². The molecule has 0 N–H and O–H groups in total. The van der Waals surface area contributed by atoms with Gasteiger partial charge in [0.1, 0.15) is 5.76 Å². The Bertz CT molecular complexity index is 458. The lowest BCUT2D eigenvalue weighted by Crippen LogP contribution is -2.06. The van der Waals surface area contributed by atoms with E-state index >= 15 is 0 Å². The second-order valence-corrected chi connectivity index (χ2v) is 3.81. The first kappa shape index (κ1) is 10.5. The predicted molar refractivity (Wildman–Crippen MR) is 62.3 cm³/mol. The molecule has 0 spiro atoms. The van der Waals surface area contributed by atoms with Gasteiger partial charge in [-0.15, -0.1) is 0 Å². The number of cyclic esters (lactones) is 1. The molecule has 0 bridgehead atoms. The van der Waals surface area contributed by atoms with Crippen LogP contribution in [0, 0.1) is 0 Å². The van der Waals surface area contributed by atoms with Crippen molar-refractivity contribution in [1.29, 1.82) is 0 Å². The first-order chi connectivity index (χ1) is 7.66. The fourth-order valence-corrected chi connectivity index (χ4v) is 1.50. The zero-order valence-corrected chi connectivity index (χ0v) is 9.31. The standard InChI is InChI=1S/C13H13NO2/c1-14(2)9-11-8-12(16-13(11)15)10-6-4-3-5-7-10/h3-9H,1-2H3/b11-9-. The predicted octanol–water partition coefficient (Wildman–Crippen LogP) is 2.03. The smallest absolute Gasteiger partial charge is 0.345 e. The van der Waals surface area contributed by atoms with E-state index in [2.05, 4.69) is 0 Å². The fraction of sp³-hybridized carbons (Fsp3) is 0.154. The largest absolute Gasteiger partial charge is 0.422 e. The third kappa shape index (κ3) is 2.14. The summed E-state index contributed by atoms with van der Waals surface area (Å²) in [5, 5.41) is 0. The third-order valence-corrected chi connectivity index (χ3v) is 2.18. The lowest BCUT2D eigenvalue weighted by Gasteiger charge is -2.03. The maximum absolute atomic E-state index is 11.5. The van der Waals surface area contributed by atoms with Crippen molar-refractivity contribution in [2.45, 2.75) is 0 Å². The van der Waals surface area contributed by atoms with Crippen molar-refractivity contribution in [3.05, 3.63) is 53.7 Å². The molecule has 82 valence electrons. The van der Waals surface area contributed by atoms with Crippen LogP contribution >= 0.6 is 0 Å². The van der Waals surface area contributed by atoms with E-state index in [0.717, 1.165) is 5.56 Å². The van der Waals surface area contributed by atoms with Crippen LogP contribution < -0.4 is 0 Å². The van der Waals surface area contributed by atoms with E-state index in [4.69, 9.17) is 4.74 Å². The van der Waals surface area contributed by atoms with Gasteiger partial charge in [-0.3, -0.25) is 0 Å². The van der Waals surface area contributed by atoms with Gasteiger partial charge in [0.2, 0.25) is 0 Å². The van der Waals surface area contributed by atoms with Crippen LogP contribution in [0.1, 0.15) is 5.56 Å². The molecule has 1 heterocycles. The average molecular weight is 215 g/mol. The maximum atomic E-state index is 11.5. The van der Waals surface area contributed by atoms with Crippen molar-refractivity contribution in [3.8, 4) is 0 Å². The molecule has 0 amide bonds. The van der Waals surface area contributed by atoms with Crippen LogP contribution in [0.4, 0.5) is 0 Å². The number of carbonyl (C=O) groups is 1. The zero-order valence-electron chi connectivity index (χ0n) is 9.31. The summed E-state index contributed by atoms with van der Waals surface area (Å²) in [6, 6.07) is 9.59. The minimum absolute atomic E-state index is 0.299. The molecule has 3 nitrogen and oxygen atoms in total. The first-order valence-electron chi connectivity index (χ1n) is 5.04. The lowest BCUT2D eigenvalue weighted by molar-refractivity contribution is -0.131. The molecule has 2 rings (SSSR count). The second-order valence-electron chi connectivity index (χ2n) is 3.81. The van der Waals surface area contributed by atoms with Crippen molar-refractivity contribution < 1.29 is 9.53 Å². The van der Waals surface area contributed by atoms with Gasteiger partial charge in [0, 0.05) is 25.9 Å². The summed E-state index contributed by atoms with van der Waals surface area (Å²) in [7, 11) is 3.74. The number of hydrogen-bond donors (Lipinski definition) is 0.